The number of ether oxygens (including phenoxy) is 1. The lowest BCUT2D eigenvalue weighted by Crippen LogP contribution is -2.31. The summed E-state index contributed by atoms with van der Waals surface area (Å²) in [6.07, 6.45) is 1.81. The zero-order chi connectivity index (χ0) is 24.1. The third kappa shape index (κ3) is 5.00. The zero-order valence-corrected chi connectivity index (χ0v) is 19.5. The Balaban J connectivity index is 1.59. The highest BCUT2D eigenvalue weighted by atomic mass is 32.2. The quantitative estimate of drug-likeness (QED) is 0.582. The number of carbonyl (C=O) groups excluding carboxylic acids is 2. The van der Waals surface area contributed by atoms with Crippen molar-refractivity contribution < 1.29 is 18.7 Å². The van der Waals surface area contributed by atoms with Crippen LogP contribution in [-0.2, 0) is 9.59 Å². The van der Waals surface area contributed by atoms with Gasteiger partial charge in [-0.05, 0) is 49.6 Å². The second-order valence-corrected chi connectivity index (χ2v) is 8.88. The molecule has 0 fully saturated rings. The van der Waals surface area contributed by atoms with Crippen LogP contribution in [0.15, 0.2) is 70.4 Å². The highest BCUT2D eigenvalue weighted by Crippen LogP contribution is 2.44. The molecule has 2 aliphatic rings. The highest BCUT2D eigenvalue weighted by Gasteiger charge is 2.37. The first-order valence-electron chi connectivity index (χ1n) is 11.1. The largest absolute Gasteiger partial charge is 0.492 e. The number of carbonyl (C=O) groups is 2. The Labute approximate surface area is 201 Å². The van der Waals surface area contributed by atoms with Crippen LogP contribution < -0.4 is 15.4 Å². The first kappa shape index (κ1) is 23.6. The molecule has 1 aliphatic heterocycles. The van der Waals surface area contributed by atoms with Gasteiger partial charge in [0, 0.05) is 17.7 Å². The number of hydrogen-bond acceptors (Lipinski definition) is 6. The summed E-state index contributed by atoms with van der Waals surface area (Å²) in [7, 11) is 0. The Kier molecular flexibility index (Phi) is 7.33. The number of hydrogen-bond donors (Lipinski definition) is 2. The van der Waals surface area contributed by atoms with Gasteiger partial charge in [-0.2, -0.15) is 5.26 Å². The van der Waals surface area contributed by atoms with Crippen molar-refractivity contribution in [1.29, 1.82) is 5.26 Å². The lowest BCUT2D eigenvalue weighted by Gasteiger charge is -2.33. The maximum Gasteiger partial charge on any atom is 0.234 e. The molecule has 1 amide bonds. The molecule has 1 heterocycles. The van der Waals surface area contributed by atoms with Crippen LogP contribution in [0.25, 0.3) is 0 Å². The SMILES string of the molecule is CCOc1ccccc1NC(=O)CSC1=C(C#N)[C@H](c2ccc(F)cc2)C2=C(CCCC2=O)N1. The number of rotatable bonds is 7. The maximum atomic E-state index is 13.6. The number of anilines is 1. The molecule has 0 aromatic heterocycles. The highest BCUT2D eigenvalue weighted by molar-refractivity contribution is 8.03. The molecule has 0 bridgehead atoms. The predicted molar refractivity (Wildman–Crippen MR) is 129 cm³/mol. The van der Waals surface area contributed by atoms with Gasteiger partial charge in [0.15, 0.2) is 5.78 Å². The molecular weight excluding hydrogens is 453 g/mol. The molecule has 174 valence electrons. The maximum absolute atomic E-state index is 13.6. The molecule has 0 spiro atoms. The number of ketones is 1. The van der Waals surface area contributed by atoms with E-state index in [0.29, 0.717) is 52.6 Å². The summed E-state index contributed by atoms with van der Waals surface area (Å²) in [5.41, 5.74) is 2.94. The minimum Gasteiger partial charge on any atom is -0.492 e. The number of benzene rings is 2. The van der Waals surface area contributed by atoms with E-state index in [0.717, 1.165) is 12.1 Å². The van der Waals surface area contributed by atoms with Crippen molar-refractivity contribution in [3.8, 4) is 11.8 Å². The average molecular weight is 478 g/mol. The molecule has 2 N–H and O–H groups in total. The van der Waals surface area contributed by atoms with Gasteiger partial charge in [-0.1, -0.05) is 36.0 Å². The number of thioether (sulfide) groups is 1. The van der Waals surface area contributed by atoms with E-state index in [2.05, 4.69) is 16.7 Å². The first-order chi connectivity index (χ1) is 16.5. The van der Waals surface area contributed by atoms with Crippen LogP contribution in [-0.4, -0.2) is 24.1 Å². The molecule has 8 heteroatoms. The normalized spacial score (nSPS) is 17.6. The summed E-state index contributed by atoms with van der Waals surface area (Å²) in [5, 5.41) is 16.7. The number of nitriles is 1. The van der Waals surface area contributed by atoms with Gasteiger partial charge in [0.1, 0.15) is 11.6 Å². The summed E-state index contributed by atoms with van der Waals surface area (Å²) < 4.78 is 19.1. The molecule has 2 aromatic carbocycles. The van der Waals surface area contributed by atoms with Crippen LogP contribution in [0.3, 0.4) is 0 Å². The third-order valence-corrected chi connectivity index (χ3v) is 6.69. The van der Waals surface area contributed by atoms with E-state index in [1.807, 2.05) is 19.1 Å². The Morgan fingerprint density at radius 2 is 2.00 bits per heavy atom. The molecule has 0 unspecified atom stereocenters. The second kappa shape index (κ2) is 10.6. The van der Waals surface area contributed by atoms with E-state index in [4.69, 9.17) is 4.74 Å². The van der Waals surface area contributed by atoms with Gasteiger partial charge in [0.2, 0.25) is 5.91 Å². The van der Waals surface area contributed by atoms with Gasteiger partial charge in [-0.3, -0.25) is 9.59 Å². The van der Waals surface area contributed by atoms with Gasteiger partial charge in [-0.15, -0.1) is 0 Å². The van der Waals surface area contributed by atoms with Crippen LogP contribution >= 0.6 is 11.8 Å². The minimum absolute atomic E-state index is 0.00912. The molecule has 0 radical (unpaired) electrons. The van der Waals surface area contributed by atoms with Crippen molar-refractivity contribution in [2.24, 2.45) is 0 Å². The Morgan fingerprint density at radius 3 is 2.74 bits per heavy atom. The van der Waals surface area contributed by atoms with Crippen LogP contribution in [0, 0.1) is 17.1 Å². The number of nitrogens with zero attached hydrogens (tertiary/aromatic N) is 1. The number of allylic oxidation sites excluding steroid dienone is 3. The number of dihydropyridines is 1. The van der Waals surface area contributed by atoms with Gasteiger partial charge in [0.25, 0.3) is 0 Å². The summed E-state index contributed by atoms with van der Waals surface area (Å²) >= 11 is 1.21. The summed E-state index contributed by atoms with van der Waals surface area (Å²) in [4.78, 5) is 25.5. The van der Waals surface area contributed by atoms with E-state index in [1.54, 1.807) is 24.3 Å². The molecule has 2 aromatic rings. The summed E-state index contributed by atoms with van der Waals surface area (Å²) in [5.74, 6) is -0.586. The van der Waals surface area contributed by atoms with Crippen LogP contribution in [0.1, 0.15) is 37.7 Å². The molecule has 4 rings (SSSR count). The standard InChI is InChI=1S/C26H24FN3O3S/c1-2-33-22-9-4-3-6-19(22)29-23(32)15-34-26-18(14-28)24(16-10-12-17(27)13-11-16)25-20(30-26)7-5-8-21(25)31/h3-4,6,9-13,24,30H,2,5,7-8,15H2,1H3,(H,29,32)/t24-/m0/s1. The lowest BCUT2D eigenvalue weighted by molar-refractivity contribution is -0.116. The topological polar surface area (TPSA) is 91.2 Å². The van der Waals surface area contributed by atoms with Crippen LogP contribution in [0.2, 0.25) is 0 Å². The van der Waals surface area contributed by atoms with Crippen LogP contribution in [0.5, 0.6) is 5.75 Å². The summed E-state index contributed by atoms with van der Waals surface area (Å²) in [6, 6.07) is 15.3. The van der Waals surface area contributed by atoms with E-state index in [1.165, 1.54) is 23.9 Å². The number of Topliss-reactive ketones (excluding diaryl/α,β-unsaturated/α-hetero) is 1. The Morgan fingerprint density at radius 1 is 1.24 bits per heavy atom. The van der Waals surface area contributed by atoms with E-state index >= 15 is 0 Å². The van der Waals surface area contributed by atoms with Crippen molar-refractivity contribution in [3.05, 3.63) is 81.8 Å². The Hall–Kier alpha value is -3.57. The molecule has 0 saturated heterocycles. The zero-order valence-electron chi connectivity index (χ0n) is 18.7. The smallest absolute Gasteiger partial charge is 0.234 e. The minimum atomic E-state index is -0.584. The monoisotopic (exact) mass is 477 g/mol. The molecule has 6 nitrogen and oxygen atoms in total. The number of para-hydroxylation sites is 2. The van der Waals surface area contributed by atoms with Gasteiger partial charge in [0.05, 0.1) is 40.6 Å². The second-order valence-electron chi connectivity index (χ2n) is 7.90. The first-order valence-corrected chi connectivity index (χ1v) is 12.1. The number of halogens is 1. The van der Waals surface area contributed by atoms with Gasteiger partial charge >= 0.3 is 0 Å². The fourth-order valence-electron chi connectivity index (χ4n) is 4.20. The number of amides is 1. The van der Waals surface area contributed by atoms with Gasteiger partial charge in [-0.25, -0.2) is 4.39 Å². The van der Waals surface area contributed by atoms with Crippen molar-refractivity contribution in [2.75, 3.05) is 17.7 Å². The molecule has 34 heavy (non-hydrogen) atoms. The molecule has 1 aliphatic carbocycles. The average Bonchev–Trinajstić information content (AvgIpc) is 2.84. The summed E-state index contributed by atoms with van der Waals surface area (Å²) in [6.45, 7) is 2.35. The predicted octanol–water partition coefficient (Wildman–Crippen LogP) is 5.03. The lowest BCUT2D eigenvalue weighted by atomic mass is 9.77. The van der Waals surface area contributed by atoms with Crippen molar-refractivity contribution >= 4 is 29.1 Å². The van der Waals surface area contributed by atoms with Crippen molar-refractivity contribution in [3.63, 3.8) is 0 Å². The fraction of sp³-hybridized carbons (Fsp3) is 0.269. The number of nitrogens with one attached hydrogen (secondary N) is 2. The van der Waals surface area contributed by atoms with E-state index in [-0.39, 0.29) is 23.3 Å². The fourth-order valence-corrected chi connectivity index (χ4v) is 5.06. The molecular formula is C26H24FN3O3S. The Bertz CT molecular complexity index is 1210. The van der Waals surface area contributed by atoms with E-state index < -0.39 is 5.92 Å². The van der Waals surface area contributed by atoms with Crippen molar-refractivity contribution in [2.45, 2.75) is 32.1 Å². The third-order valence-electron chi connectivity index (χ3n) is 5.67. The van der Waals surface area contributed by atoms with Crippen LogP contribution in [0.4, 0.5) is 10.1 Å². The van der Waals surface area contributed by atoms with E-state index in [9.17, 15) is 19.2 Å². The van der Waals surface area contributed by atoms with Crippen molar-refractivity contribution in [1.82, 2.24) is 5.32 Å². The molecule has 0 saturated carbocycles. The molecule has 1 atom stereocenters. The van der Waals surface area contributed by atoms with Gasteiger partial charge < -0.3 is 15.4 Å².